The zero-order valence-electron chi connectivity index (χ0n) is 9.71. The summed E-state index contributed by atoms with van der Waals surface area (Å²) in [6.45, 7) is 5.98. The molecule has 0 aliphatic carbocycles. The largest absolute Gasteiger partial charge is 0.321 e. The van der Waals surface area contributed by atoms with Crippen molar-refractivity contribution in [3.63, 3.8) is 0 Å². The van der Waals surface area contributed by atoms with E-state index in [0.717, 1.165) is 29.5 Å². The Morgan fingerprint density at radius 2 is 2.07 bits per heavy atom. The molecule has 0 aliphatic rings. The molecule has 0 radical (unpaired) electrons. The molecule has 15 heavy (non-hydrogen) atoms. The minimum atomic E-state index is -0.351. The van der Waals surface area contributed by atoms with Crippen LogP contribution in [0.1, 0.15) is 41.3 Å². The van der Waals surface area contributed by atoms with Crippen LogP contribution in [0.3, 0.4) is 0 Å². The molecule has 0 saturated heterocycles. The second kappa shape index (κ2) is 5.08. The van der Waals surface area contributed by atoms with E-state index in [2.05, 4.69) is 0 Å². The van der Waals surface area contributed by atoms with Gasteiger partial charge in [0, 0.05) is 5.56 Å². The fraction of sp³-hybridized carbons (Fsp3) is 0.462. The van der Waals surface area contributed by atoms with E-state index < -0.39 is 0 Å². The summed E-state index contributed by atoms with van der Waals surface area (Å²) < 4.78 is 0. The van der Waals surface area contributed by atoms with Crippen LogP contribution in [0, 0.1) is 13.8 Å². The Morgan fingerprint density at radius 3 is 2.67 bits per heavy atom. The number of rotatable bonds is 4. The summed E-state index contributed by atoms with van der Waals surface area (Å²) in [6.07, 6.45) is 1.70. The summed E-state index contributed by atoms with van der Waals surface area (Å²) in [5.74, 6) is 0.0676. The van der Waals surface area contributed by atoms with E-state index in [4.69, 9.17) is 5.73 Å². The standard InChI is InChI=1S/C13H19NO/c1-4-5-12(14)13(15)11-8-9(2)6-7-10(11)3/h6-8,12H,4-5,14H2,1-3H3. The van der Waals surface area contributed by atoms with Crippen LogP contribution in [0.15, 0.2) is 18.2 Å². The summed E-state index contributed by atoms with van der Waals surface area (Å²) in [7, 11) is 0. The summed E-state index contributed by atoms with van der Waals surface area (Å²) >= 11 is 0. The predicted molar refractivity (Wildman–Crippen MR) is 63.1 cm³/mol. The molecule has 1 atom stereocenters. The third-order valence-corrected chi connectivity index (χ3v) is 2.59. The van der Waals surface area contributed by atoms with Gasteiger partial charge in [0.2, 0.25) is 0 Å². The molecule has 2 nitrogen and oxygen atoms in total. The third-order valence-electron chi connectivity index (χ3n) is 2.59. The highest BCUT2D eigenvalue weighted by Crippen LogP contribution is 2.13. The SMILES string of the molecule is CCCC(N)C(=O)c1cc(C)ccc1C. The topological polar surface area (TPSA) is 43.1 Å². The summed E-state index contributed by atoms with van der Waals surface area (Å²) in [5.41, 5.74) is 8.72. The zero-order chi connectivity index (χ0) is 11.4. The average Bonchev–Trinajstić information content (AvgIpc) is 2.21. The fourth-order valence-electron chi connectivity index (χ4n) is 1.64. The first-order valence-electron chi connectivity index (χ1n) is 5.43. The highest BCUT2D eigenvalue weighted by atomic mass is 16.1. The van der Waals surface area contributed by atoms with Gasteiger partial charge in [-0.05, 0) is 31.9 Å². The lowest BCUT2D eigenvalue weighted by atomic mass is 9.96. The quantitative estimate of drug-likeness (QED) is 0.768. The van der Waals surface area contributed by atoms with E-state index in [1.807, 2.05) is 39.0 Å². The van der Waals surface area contributed by atoms with Gasteiger partial charge in [-0.15, -0.1) is 0 Å². The van der Waals surface area contributed by atoms with E-state index >= 15 is 0 Å². The molecule has 1 aromatic rings. The van der Waals surface area contributed by atoms with Crippen molar-refractivity contribution in [1.82, 2.24) is 0 Å². The lowest BCUT2D eigenvalue weighted by Gasteiger charge is -2.11. The van der Waals surface area contributed by atoms with Crippen molar-refractivity contribution in [3.8, 4) is 0 Å². The van der Waals surface area contributed by atoms with E-state index in [1.54, 1.807) is 0 Å². The number of nitrogens with two attached hydrogens (primary N) is 1. The van der Waals surface area contributed by atoms with Gasteiger partial charge in [0.05, 0.1) is 6.04 Å². The van der Waals surface area contributed by atoms with Crippen LogP contribution >= 0.6 is 0 Å². The highest BCUT2D eigenvalue weighted by Gasteiger charge is 2.16. The van der Waals surface area contributed by atoms with Gasteiger partial charge in [-0.1, -0.05) is 31.0 Å². The van der Waals surface area contributed by atoms with Crippen LogP contribution in [0.2, 0.25) is 0 Å². The second-order valence-electron chi connectivity index (χ2n) is 4.08. The molecule has 1 rings (SSSR count). The molecule has 0 spiro atoms. The summed E-state index contributed by atoms with van der Waals surface area (Å²) in [5, 5.41) is 0. The minimum Gasteiger partial charge on any atom is -0.321 e. The van der Waals surface area contributed by atoms with Gasteiger partial charge in [-0.3, -0.25) is 4.79 Å². The van der Waals surface area contributed by atoms with Crippen LogP contribution in [0.4, 0.5) is 0 Å². The molecule has 1 aromatic carbocycles. The molecule has 0 aliphatic heterocycles. The molecule has 1 unspecified atom stereocenters. The number of hydrogen-bond donors (Lipinski definition) is 1. The van der Waals surface area contributed by atoms with E-state index in [-0.39, 0.29) is 11.8 Å². The number of Topliss-reactive ketones (excluding diaryl/α,β-unsaturated/α-hetero) is 1. The van der Waals surface area contributed by atoms with E-state index in [1.165, 1.54) is 0 Å². The molecule has 0 amide bonds. The van der Waals surface area contributed by atoms with Crippen LogP contribution in [0.25, 0.3) is 0 Å². The van der Waals surface area contributed by atoms with Gasteiger partial charge >= 0.3 is 0 Å². The third kappa shape index (κ3) is 2.90. The van der Waals surface area contributed by atoms with Crippen LogP contribution in [-0.2, 0) is 0 Å². The maximum Gasteiger partial charge on any atom is 0.179 e. The lowest BCUT2D eigenvalue weighted by Crippen LogP contribution is -2.30. The Hall–Kier alpha value is -1.15. The molecular formula is C13H19NO. The monoisotopic (exact) mass is 205 g/mol. The normalized spacial score (nSPS) is 12.5. The molecule has 82 valence electrons. The molecule has 0 bridgehead atoms. The molecule has 2 N–H and O–H groups in total. The van der Waals surface area contributed by atoms with E-state index in [0.29, 0.717) is 0 Å². The number of hydrogen-bond acceptors (Lipinski definition) is 2. The van der Waals surface area contributed by atoms with Gasteiger partial charge < -0.3 is 5.73 Å². The summed E-state index contributed by atoms with van der Waals surface area (Å²) in [4.78, 5) is 12.0. The van der Waals surface area contributed by atoms with E-state index in [9.17, 15) is 4.79 Å². The van der Waals surface area contributed by atoms with Gasteiger partial charge in [-0.2, -0.15) is 0 Å². The number of carbonyl (C=O) groups is 1. The van der Waals surface area contributed by atoms with Crippen molar-refractivity contribution in [2.45, 2.75) is 39.7 Å². The van der Waals surface area contributed by atoms with Crippen LogP contribution in [-0.4, -0.2) is 11.8 Å². The van der Waals surface area contributed by atoms with Crippen molar-refractivity contribution in [2.75, 3.05) is 0 Å². The molecule has 0 saturated carbocycles. The second-order valence-corrected chi connectivity index (χ2v) is 4.08. The maximum atomic E-state index is 12.0. The van der Waals surface area contributed by atoms with Gasteiger partial charge in [0.25, 0.3) is 0 Å². The molecule has 0 heterocycles. The first kappa shape index (κ1) is 11.9. The first-order chi connectivity index (χ1) is 7.06. The number of ketones is 1. The Bertz CT molecular complexity index is 358. The number of carbonyl (C=O) groups excluding carboxylic acids is 1. The Kier molecular flexibility index (Phi) is 4.04. The number of benzene rings is 1. The number of aryl methyl sites for hydroxylation is 2. The van der Waals surface area contributed by atoms with Crippen LogP contribution in [0.5, 0.6) is 0 Å². The summed E-state index contributed by atoms with van der Waals surface area (Å²) in [6, 6.07) is 5.56. The molecular weight excluding hydrogens is 186 g/mol. The van der Waals surface area contributed by atoms with Gasteiger partial charge in [-0.25, -0.2) is 0 Å². The lowest BCUT2D eigenvalue weighted by molar-refractivity contribution is 0.0956. The van der Waals surface area contributed by atoms with Crippen LogP contribution < -0.4 is 5.73 Å². The molecule has 0 aromatic heterocycles. The van der Waals surface area contributed by atoms with Crippen molar-refractivity contribution < 1.29 is 4.79 Å². The predicted octanol–water partition coefficient (Wildman–Crippen LogP) is 2.61. The van der Waals surface area contributed by atoms with Crippen molar-refractivity contribution in [2.24, 2.45) is 5.73 Å². The Balaban J connectivity index is 2.95. The maximum absolute atomic E-state index is 12.0. The smallest absolute Gasteiger partial charge is 0.179 e. The minimum absolute atomic E-state index is 0.0676. The average molecular weight is 205 g/mol. The van der Waals surface area contributed by atoms with Crippen molar-refractivity contribution >= 4 is 5.78 Å². The van der Waals surface area contributed by atoms with Crippen molar-refractivity contribution in [1.29, 1.82) is 0 Å². The van der Waals surface area contributed by atoms with Gasteiger partial charge in [0.1, 0.15) is 0 Å². The fourth-order valence-corrected chi connectivity index (χ4v) is 1.64. The Morgan fingerprint density at radius 1 is 1.40 bits per heavy atom. The molecule has 0 fully saturated rings. The first-order valence-corrected chi connectivity index (χ1v) is 5.43. The molecule has 2 heteroatoms. The zero-order valence-corrected chi connectivity index (χ0v) is 9.71. The Labute approximate surface area is 91.5 Å². The van der Waals surface area contributed by atoms with Gasteiger partial charge in [0.15, 0.2) is 5.78 Å². The highest BCUT2D eigenvalue weighted by molar-refractivity contribution is 6.01. The van der Waals surface area contributed by atoms with Crippen molar-refractivity contribution in [3.05, 3.63) is 34.9 Å².